The molecule has 1 aromatic heterocycles. The van der Waals surface area contributed by atoms with Gasteiger partial charge in [-0.3, -0.25) is 4.98 Å². The van der Waals surface area contributed by atoms with Crippen LogP contribution in [0.25, 0.3) is 0 Å². The van der Waals surface area contributed by atoms with Crippen LogP contribution < -0.4 is 10.3 Å². The normalized spacial score (nSPS) is 13.8. The van der Waals surface area contributed by atoms with Gasteiger partial charge in [0.2, 0.25) is 0 Å². The van der Waals surface area contributed by atoms with Gasteiger partial charge in [0.1, 0.15) is 11.5 Å². The second-order valence-electron chi connectivity index (χ2n) is 2.40. The first-order valence-electron chi connectivity index (χ1n) is 3.71. The Morgan fingerprint density at radius 1 is 1.31 bits per heavy atom. The predicted molar refractivity (Wildman–Crippen MR) is 48.0 cm³/mol. The van der Waals surface area contributed by atoms with Crippen molar-refractivity contribution < 1.29 is 4.74 Å². The number of ether oxygens (including phenoxy) is 1. The molecule has 5 nitrogen and oxygen atoms in total. The van der Waals surface area contributed by atoms with E-state index in [2.05, 4.69) is 20.7 Å². The monoisotopic (exact) mass is 175 g/mol. The molecule has 2 rings (SSSR count). The van der Waals surface area contributed by atoms with Gasteiger partial charge in [-0.25, -0.2) is 0 Å². The highest BCUT2D eigenvalue weighted by molar-refractivity contribution is 6.38. The average molecular weight is 175 g/mol. The maximum Gasteiger partial charge on any atom is 0.137 e. The van der Waals surface area contributed by atoms with Crippen molar-refractivity contribution in [2.45, 2.75) is 0 Å². The van der Waals surface area contributed by atoms with Gasteiger partial charge < -0.3 is 4.74 Å². The van der Waals surface area contributed by atoms with Crippen LogP contribution in [0.4, 0.5) is 0 Å². The maximum absolute atomic E-state index is 4.97. The SMILES string of the molecule is COc1ccc(C2=N[N]N=C2)nc1. The lowest BCUT2D eigenvalue weighted by atomic mass is 10.2. The minimum absolute atomic E-state index is 0.669. The van der Waals surface area contributed by atoms with E-state index in [0.29, 0.717) is 5.71 Å². The molecule has 1 aliphatic rings. The van der Waals surface area contributed by atoms with E-state index in [1.54, 1.807) is 19.5 Å². The molecular formula is C8H7N4O. The Kier molecular flexibility index (Phi) is 1.91. The molecule has 0 amide bonds. The third kappa shape index (κ3) is 1.48. The molecular weight excluding hydrogens is 168 g/mol. The fraction of sp³-hybridized carbons (Fsp3) is 0.125. The van der Waals surface area contributed by atoms with Crippen molar-refractivity contribution >= 4 is 11.9 Å². The summed E-state index contributed by atoms with van der Waals surface area (Å²) in [4.78, 5) is 4.12. The van der Waals surface area contributed by atoms with Crippen molar-refractivity contribution in [1.29, 1.82) is 0 Å². The molecule has 0 atom stereocenters. The zero-order valence-corrected chi connectivity index (χ0v) is 7.01. The second-order valence-corrected chi connectivity index (χ2v) is 2.40. The van der Waals surface area contributed by atoms with E-state index in [9.17, 15) is 0 Å². The molecule has 1 aromatic rings. The molecule has 13 heavy (non-hydrogen) atoms. The van der Waals surface area contributed by atoms with Gasteiger partial charge in [0.25, 0.3) is 0 Å². The summed E-state index contributed by atoms with van der Waals surface area (Å²) in [6, 6.07) is 3.63. The Morgan fingerprint density at radius 3 is 2.77 bits per heavy atom. The second kappa shape index (κ2) is 3.22. The number of nitrogens with zero attached hydrogens (tertiary/aromatic N) is 4. The fourth-order valence-electron chi connectivity index (χ4n) is 0.950. The topological polar surface area (TPSA) is 60.9 Å². The van der Waals surface area contributed by atoms with Crippen LogP contribution in [0.15, 0.2) is 28.5 Å². The molecule has 0 saturated heterocycles. The minimum atomic E-state index is 0.669. The molecule has 0 saturated carbocycles. The lowest BCUT2D eigenvalue weighted by Gasteiger charge is -1.99. The number of pyridine rings is 1. The number of rotatable bonds is 2. The summed E-state index contributed by atoms with van der Waals surface area (Å²) in [5.74, 6) is 0.719. The molecule has 1 radical (unpaired) electrons. The van der Waals surface area contributed by atoms with Crippen LogP contribution in [0.3, 0.4) is 0 Å². The van der Waals surface area contributed by atoms with E-state index >= 15 is 0 Å². The number of aromatic nitrogens is 1. The highest BCUT2D eigenvalue weighted by Crippen LogP contribution is 2.08. The summed E-state index contributed by atoms with van der Waals surface area (Å²) in [6.45, 7) is 0. The molecule has 1 aliphatic heterocycles. The third-order valence-corrected chi connectivity index (χ3v) is 1.62. The van der Waals surface area contributed by atoms with Crippen LogP contribution in [0.5, 0.6) is 5.75 Å². The van der Waals surface area contributed by atoms with Gasteiger partial charge in [-0.2, -0.15) is 0 Å². The van der Waals surface area contributed by atoms with Crippen molar-refractivity contribution in [3.05, 3.63) is 24.0 Å². The number of methoxy groups -OCH3 is 1. The van der Waals surface area contributed by atoms with Crippen LogP contribution in [0.1, 0.15) is 5.69 Å². The fourth-order valence-corrected chi connectivity index (χ4v) is 0.950. The van der Waals surface area contributed by atoms with Gasteiger partial charge in [-0.1, -0.05) is 0 Å². The van der Waals surface area contributed by atoms with E-state index in [0.717, 1.165) is 11.4 Å². The van der Waals surface area contributed by atoms with Gasteiger partial charge in [0.05, 0.1) is 25.2 Å². The van der Waals surface area contributed by atoms with E-state index < -0.39 is 0 Å². The Bertz CT molecular complexity index is 355. The van der Waals surface area contributed by atoms with E-state index in [1.165, 1.54) is 0 Å². The molecule has 0 N–H and O–H groups in total. The van der Waals surface area contributed by atoms with Crippen LogP contribution in [-0.4, -0.2) is 24.0 Å². The number of hydrogen-bond acceptors (Lipinski definition) is 4. The zero-order valence-electron chi connectivity index (χ0n) is 7.01. The smallest absolute Gasteiger partial charge is 0.137 e. The first-order chi connectivity index (χ1) is 6.40. The van der Waals surface area contributed by atoms with Gasteiger partial charge in [-0.05, 0) is 17.7 Å². The highest BCUT2D eigenvalue weighted by Gasteiger charge is 2.06. The Labute approximate surface area is 75.1 Å². The van der Waals surface area contributed by atoms with Crippen molar-refractivity contribution in [2.24, 2.45) is 10.2 Å². The Balaban J connectivity index is 2.27. The quantitative estimate of drug-likeness (QED) is 0.653. The first-order valence-corrected chi connectivity index (χ1v) is 3.71. The van der Waals surface area contributed by atoms with Crippen molar-refractivity contribution in [3.63, 3.8) is 0 Å². The summed E-state index contributed by atoms with van der Waals surface area (Å²) >= 11 is 0. The van der Waals surface area contributed by atoms with Crippen molar-refractivity contribution in [3.8, 4) is 5.75 Å². The van der Waals surface area contributed by atoms with E-state index in [4.69, 9.17) is 4.74 Å². The van der Waals surface area contributed by atoms with Gasteiger partial charge in [-0.15, -0.1) is 10.2 Å². The summed E-state index contributed by atoms with van der Waals surface area (Å²) in [5, 5.41) is 7.39. The van der Waals surface area contributed by atoms with Gasteiger partial charge in [0, 0.05) is 0 Å². The molecule has 0 fully saturated rings. The molecule has 0 spiro atoms. The molecule has 0 unspecified atom stereocenters. The molecule has 65 valence electrons. The number of hydrogen-bond donors (Lipinski definition) is 0. The molecule has 5 heteroatoms. The van der Waals surface area contributed by atoms with Crippen LogP contribution in [-0.2, 0) is 0 Å². The van der Waals surface area contributed by atoms with Crippen LogP contribution >= 0.6 is 0 Å². The Hall–Kier alpha value is -1.91. The van der Waals surface area contributed by atoms with E-state index in [1.807, 2.05) is 12.1 Å². The van der Waals surface area contributed by atoms with Gasteiger partial charge >= 0.3 is 0 Å². The van der Waals surface area contributed by atoms with E-state index in [-0.39, 0.29) is 0 Å². The zero-order chi connectivity index (χ0) is 9.10. The lowest BCUT2D eigenvalue weighted by molar-refractivity contribution is 0.413. The maximum atomic E-state index is 4.97. The lowest BCUT2D eigenvalue weighted by Crippen LogP contribution is -2.02. The van der Waals surface area contributed by atoms with Gasteiger partial charge in [0.15, 0.2) is 0 Å². The summed E-state index contributed by atoms with van der Waals surface area (Å²) < 4.78 is 4.97. The Morgan fingerprint density at radius 2 is 2.23 bits per heavy atom. The first kappa shape index (κ1) is 7.72. The van der Waals surface area contributed by atoms with Crippen molar-refractivity contribution in [2.75, 3.05) is 7.11 Å². The predicted octanol–water partition coefficient (Wildman–Crippen LogP) is 0.398. The molecule has 2 heterocycles. The largest absolute Gasteiger partial charge is 0.495 e. The van der Waals surface area contributed by atoms with Crippen molar-refractivity contribution in [1.82, 2.24) is 10.5 Å². The third-order valence-electron chi connectivity index (χ3n) is 1.62. The highest BCUT2D eigenvalue weighted by atomic mass is 16.5. The van der Waals surface area contributed by atoms with Crippen LogP contribution in [0.2, 0.25) is 0 Å². The molecule has 0 aromatic carbocycles. The average Bonchev–Trinajstić information content (AvgIpc) is 2.71. The summed E-state index contributed by atoms with van der Waals surface area (Å²) in [6.07, 6.45) is 3.19. The summed E-state index contributed by atoms with van der Waals surface area (Å²) in [5.41, 5.74) is 4.88. The molecule has 0 aliphatic carbocycles. The van der Waals surface area contributed by atoms with Crippen LogP contribution in [0, 0.1) is 0 Å². The standard InChI is InChI=1S/C8H7N4O/c1-13-6-2-3-7(9-4-6)8-5-10-12-11-8/h2-5H,1H3. The summed E-state index contributed by atoms with van der Waals surface area (Å²) in [7, 11) is 1.60. The molecule has 0 bridgehead atoms. The minimum Gasteiger partial charge on any atom is -0.495 e.